The molecule has 0 aliphatic rings. The molecule has 0 fully saturated rings. The maximum atomic E-state index is 11.9. The predicted octanol–water partition coefficient (Wildman–Crippen LogP) is 3.76. The highest BCUT2D eigenvalue weighted by molar-refractivity contribution is 7.08. The largest absolute Gasteiger partial charge is 0.495 e. The standard InChI is InChI=1S/C15H14O3S/c1-3-11-4-6-12(7-5-11)8-18-15(16)13-9-19-10-14(13)17-2/h3-7,9-10H,1,8H2,2H3. The van der Waals surface area contributed by atoms with Gasteiger partial charge in [-0.1, -0.05) is 36.9 Å². The lowest BCUT2D eigenvalue weighted by Crippen LogP contribution is -2.05. The van der Waals surface area contributed by atoms with Crippen molar-refractivity contribution in [3.05, 3.63) is 58.3 Å². The van der Waals surface area contributed by atoms with Crippen LogP contribution < -0.4 is 4.74 Å². The maximum Gasteiger partial charge on any atom is 0.343 e. The highest BCUT2D eigenvalue weighted by Crippen LogP contribution is 2.24. The zero-order chi connectivity index (χ0) is 13.7. The van der Waals surface area contributed by atoms with Gasteiger partial charge in [-0.25, -0.2) is 4.79 Å². The molecule has 3 nitrogen and oxygen atoms in total. The average molecular weight is 274 g/mol. The molecule has 1 heterocycles. The summed E-state index contributed by atoms with van der Waals surface area (Å²) in [7, 11) is 1.53. The molecule has 0 radical (unpaired) electrons. The second-order valence-electron chi connectivity index (χ2n) is 3.88. The Balaban J connectivity index is 1.98. The van der Waals surface area contributed by atoms with Gasteiger partial charge in [0.15, 0.2) is 0 Å². The summed E-state index contributed by atoms with van der Waals surface area (Å²) in [5.41, 5.74) is 2.44. The number of carbonyl (C=O) groups is 1. The Hall–Kier alpha value is -2.07. The number of thiophene rings is 1. The molecule has 0 atom stereocenters. The first-order chi connectivity index (χ1) is 9.24. The van der Waals surface area contributed by atoms with Crippen LogP contribution in [0.4, 0.5) is 0 Å². The summed E-state index contributed by atoms with van der Waals surface area (Å²) in [4.78, 5) is 11.9. The van der Waals surface area contributed by atoms with E-state index >= 15 is 0 Å². The number of ether oxygens (including phenoxy) is 2. The molecule has 0 unspecified atom stereocenters. The van der Waals surface area contributed by atoms with Crippen molar-refractivity contribution in [3.8, 4) is 5.75 Å². The van der Waals surface area contributed by atoms with E-state index in [2.05, 4.69) is 6.58 Å². The summed E-state index contributed by atoms with van der Waals surface area (Å²) in [6.07, 6.45) is 1.77. The van der Waals surface area contributed by atoms with Gasteiger partial charge in [0.25, 0.3) is 0 Å². The van der Waals surface area contributed by atoms with E-state index in [-0.39, 0.29) is 12.6 Å². The van der Waals surface area contributed by atoms with Crippen molar-refractivity contribution in [1.82, 2.24) is 0 Å². The fourth-order valence-corrected chi connectivity index (χ4v) is 2.33. The minimum absolute atomic E-state index is 0.245. The number of carbonyl (C=O) groups excluding carboxylic acids is 1. The Bertz CT molecular complexity index is 569. The Morgan fingerprint density at radius 2 is 2.05 bits per heavy atom. The average Bonchev–Trinajstić information content (AvgIpc) is 2.93. The summed E-state index contributed by atoms with van der Waals surface area (Å²) in [6.45, 7) is 3.93. The molecule has 0 amide bonds. The van der Waals surface area contributed by atoms with Crippen LogP contribution >= 0.6 is 11.3 Å². The molecule has 1 aromatic carbocycles. The fourth-order valence-electron chi connectivity index (χ4n) is 1.57. The van der Waals surface area contributed by atoms with Crippen molar-refractivity contribution in [2.75, 3.05) is 7.11 Å². The summed E-state index contributed by atoms with van der Waals surface area (Å²) in [6, 6.07) is 7.69. The first-order valence-electron chi connectivity index (χ1n) is 5.73. The summed E-state index contributed by atoms with van der Waals surface area (Å²) in [5.74, 6) is 0.183. The van der Waals surface area contributed by atoms with Gasteiger partial charge in [0.05, 0.1) is 7.11 Å². The van der Waals surface area contributed by atoms with Gasteiger partial charge in [-0.2, -0.15) is 0 Å². The van der Waals surface area contributed by atoms with Crippen molar-refractivity contribution in [2.45, 2.75) is 6.61 Å². The molecule has 19 heavy (non-hydrogen) atoms. The monoisotopic (exact) mass is 274 g/mol. The lowest BCUT2D eigenvalue weighted by molar-refractivity contribution is 0.0470. The lowest BCUT2D eigenvalue weighted by atomic mass is 10.1. The highest BCUT2D eigenvalue weighted by atomic mass is 32.1. The zero-order valence-electron chi connectivity index (χ0n) is 10.6. The summed E-state index contributed by atoms with van der Waals surface area (Å²) < 4.78 is 10.3. The van der Waals surface area contributed by atoms with Gasteiger partial charge in [-0.3, -0.25) is 0 Å². The van der Waals surface area contributed by atoms with Gasteiger partial charge < -0.3 is 9.47 Å². The Morgan fingerprint density at radius 1 is 1.32 bits per heavy atom. The third kappa shape index (κ3) is 3.23. The van der Waals surface area contributed by atoms with Gasteiger partial charge in [0, 0.05) is 10.8 Å². The molecule has 4 heteroatoms. The minimum atomic E-state index is -0.370. The maximum absolute atomic E-state index is 11.9. The Morgan fingerprint density at radius 3 is 2.68 bits per heavy atom. The predicted molar refractivity (Wildman–Crippen MR) is 76.5 cm³/mol. The molecule has 0 spiro atoms. The smallest absolute Gasteiger partial charge is 0.343 e. The molecule has 0 aliphatic heterocycles. The molecule has 0 saturated heterocycles. The van der Waals surface area contributed by atoms with Crippen LogP contribution in [0.15, 0.2) is 41.6 Å². The number of hydrogen-bond acceptors (Lipinski definition) is 4. The first kappa shape index (κ1) is 13.4. The van der Waals surface area contributed by atoms with Crippen LogP contribution in [0.25, 0.3) is 6.08 Å². The van der Waals surface area contributed by atoms with E-state index in [0.29, 0.717) is 11.3 Å². The van der Waals surface area contributed by atoms with Crippen molar-refractivity contribution in [1.29, 1.82) is 0 Å². The molecule has 0 aliphatic carbocycles. The van der Waals surface area contributed by atoms with Gasteiger partial charge in [-0.05, 0) is 11.1 Å². The van der Waals surface area contributed by atoms with Gasteiger partial charge >= 0.3 is 5.97 Å². The zero-order valence-corrected chi connectivity index (χ0v) is 11.4. The normalized spacial score (nSPS) is 9.95. The molecule has 2 rings (SSSR count). The van der Waals surface area contributed by atoms with E-state index in [1.807, 2.05) is 24.3 Å². The van der Waals surface area contributed by atoms with Crippen LogP contribution in [0.2, 0.25) is 0 Å². The number of rotatable bonds is 5. The van der Waals surface area contributed by atoms with Crippen LogP contribution in [0.3, 0.4) is 0 Å². The second-order valence-corrected chi connectivity index (χ2v) is 4.62. The number of benzene rings is 1. The summed E-state index contributed by atoms with van der Waals surface area (Å²) in [5, 5.41) is 3.50. The minimum Gasteiger partial charge on any atom is -0.495 e. The lowest BCUT2D eigenvalue weighted by Gasteiger charge is -2.05. The van der Waals surface area contributed by atoms with E-state index in [0.717, 1.165) is 11.1 Å². The number of esters is 1. The molecular formula is C15H14O3S. The topological polar surface area (TPSA) is 35.5 Å². The van der Waals surface area contributed by atoms with Gasteiger partial charge in [0.1, 0.15) is 17.9 Å². The number of hydrogen-bond donors (Lipinski definition) is 0. The van der Waals surface area contributed by atoms with Crippen molar-refractivity contribution in [3.63, 3.8) is 0 Å². The van der Waals surface area contributed by atoms with Gasteiger partial charge in [0.2, 0.25) is 0 Å². The second kappa shape index (κ2) is 6.20. The molecule has 0 bridgehead atoms. The van der Waals surface area contributed by atoms with Gasteiger partial charge in [-0.15, -0.1) is 11.3 Å². The van der Waals surface area contributed by atoms with Crippen LogP contribution in [0.1, 0.15) is 21.5 Å². The van der Waals surface area contributed by atoms with E-state index in [1.165, 1.54) is 18.4 Å². The van der Waals surface area contributed by atoms with Crippen LogP contribution in [-0.4, -0.2) is 13.1 Å². The molecule has 2 aromatic rings. The van der Waals surface area contributed by atoms with E-state index < -0.39 is 0 Å². The molecule has 0 saturated carbocycles. The van der Waals surface area contributed by atoms with Crippen LogP contribution in [0.5, 0.6) is 5.75 Å². The molecule has 0 N–H and O–H groups in total. The van der Waals surface area contributed by atoms with E-state index in [9.17, 15) is 4.79 Å². The molecular weight excluding hydrogens is 260 g/mol. The molecule has 1 aromatic heterocycles. The van der Waals surface area contributed by atoms with Crippen molar-refractivity contribution < 1.29 is 14.3 Å². The van der Waals surface area contributed by atoms with Crippen LogP contribution in [-0.2, 0) is 11.3 Å². The molecule has 98 valence electrons. The van der Waals surface area contributed by atoms with E-state index in [1.54, 1.807) is 16.8 Å². The number of methoxy groups -OCH3 is 1. The van der Waals surface area contributed by atoms with Crippen LogP contribution in [0, 0.1) is 0 Å². The van der Waals surface area contributed by atoms with Crippen molar-refractivity contribution in [2.24, 2.45) is 0 Å². The third-order valence-corrected chi connectivity index (χ3v) is 3.37. The SMILES string of the molecule is C=Cc1ccc(COC(=O)c2cscc2OC)cc1. The quantitative estimate of drug-likeness (QED) is 0.779. The highest BCUT2D eigenvalue weighted by Gasteiger charge is 2.14. The summed E-state index contributed by atoms with van der Waals surface area (Å²) >= 11 is 1.41. The van der Waals surface area contributed by atoms with Crippen molar-refractivity contribution >= 4 is 23.4 Å². The third-order valence-electron chi connectivity index (χ3n) is 2.65. The Labute approximate surface area is 116 Å². The first-order valence-corrected chi connectivity index (χ1v) is 6.67. The Kier molecular flexibility index (Phi) is 4.36. The fraction of sp³-hybridized carbons (Fsp3) is 0.133. The van der Waals surface area contributed by atoms with E-state index in [4.69, 9.17) is 9.47 Å².